The maximum Gasteiger partial charge on any atom is 0.263 e. The van der Waals surface area contributed by atoms with E-state index in [2.05, 4.69) is 14.9 Å². The van der Waals surface area contributed by atoms with E-state index in [4.69, 9.17) is 0 Å². The summed E-state index contributed by atoms with van der Waals surface area (Å²) in [5.41, 5.74) is 4.18. The van der Waals surface area contributed by atoms with E-state index in [1.165, 1.54) is 0 Å². The summed E-state index contributed by atoms with van der Waals surface area (Å²) in [6, 6.07) is 15.0. The summed E-state index contributed by atoms with van der Waals surface area (Å²) in [5.74, 6) is 0.272. The Labute approximate surface area is 141 Å². The first kappa shape index (κ1) is 16.3. The molecule has 0 unspecified atom stereocenters. The van der Waals surface area contributed by atoms with E-state index in [0.29, 0.717) is 4.90 Å². The van der Waals surface area contributed by atoms with Crippen molar-refractivity contribution in [3.63, 3.8) is 0 Å². The molecule has 2 N–H and O–H groups in total. The number of nitrogens with one attached hydrogen (secondary N) is 2. The quantitative estimate of drug-likeness (QED) is 0.758. The van der Waals surface area contributed by atoms with Gasteiger partial charge in [-0.05, 0) is 37.5 Å². The highest BCUT2D eigenvalue weighted by Gasteiger charge is 2.21. The highest BCUT2D eigenvalue weighted by molar-refractivity contribution is 7.92. The summed E-state index contributed by atoms with van der Waals surface area (Å²) in [6.45, 7) is 5.55. The molecule has 1 heterocycles. The zero-order valence-corrected chi connectivity index (χ0v) is 14.6. The second-order valence-electron chi connectivity index (χ2n) is 5.87. The van der Waals surface area contributed by atoms with E-state index >= 15 is 0 Å². The second kappa shape index (κ2) is 6.13. The highest BCUT2D eigenvalue weighted by atomic mass is 32.2. The molecule has 0 atom stereocenters. The summed E-state index contributed by atoms with van der Waals surface area (Å²) in [4.78, 5) is 0.303. The third-order valence-corrected chi connectivity index (χ3v) is 5.43. The summed E-state index contributed by atoms with van der Waals surface area (Å²) in [6.07, 6.45) is 0. The monoisotopic (exact) mass is 341 g/mol. The molecule has 0 aliphatic rings. The standard InChI is InChI=1S/C18H19N3O2S/c1-12-9-13(2)18(14(3)10-12)24(22,23)21-17-11-16(19-20-17)15-7-5-4-6-8-15/h4-11H,1-3H3,(H2,19,20,21). The molecule has 0 bridgehead atoms. The van der Waals surface area contributed by atoms with Gasteiger partial charge < -0.3 is 0 Å². The lowest BCUT2D eigenvalue weighted by atomic mass is 10.1. The molecule has 0 radical (unpaired) electrons. The first-order valence-corrected chi connectivity index (χ1v) is 9.06. The Balaban J connectivity index is 1.93. The number of aromatic amines is 1. The number of nitrogens with zero attached hydrogens (tertiary/aromatic N) is 1. The maximum atomic E-state index is 12.7. The Morgan fingerprint density at radius 2 is 1.58 bits per heavy atom. The molecule has 2 aromatic carbocycles. The van der Waals surface area contributed by atoms with Gasteiger partial charge in [0.15, 0.2) is 5.82 Å². The van der Waals surface area contributed by atoms with Crippen LogP contribution in [-0.2, 0) is 10.0 Å². The molecular weight excluding hydrogens is 322 g/mol. The lowest BCUT2D eigenvalue weighted by Crippen LogP contribution is -2.16. The molecule has 24 heavy (non-hydrogen) atoms. The van der Waals surface area contributed by atoms with Crippen LogP contribution in [0.5, 0.6) is 0 Å². The van der Waals surface area contributed by atoms with E-state index in [1.54, 1.807) is 19.9 Å². The number of benzene rings is 2. The van der Waals surface area contributed by atoms with E-state index < -0.39 is 10.0 Å². The number of hydrogen-bond acceptors (Lipinski definition) is 3. The van der Waals surface area contributed by atoms with Crippen molar-refractivity contribution in [1.29, 1.82) is 0 Å². The van der Waals surface area contributed by atoms with Crippen LogP contribution in [0.2, 0.25) is 0 Å². The molecule has 0 fully saturated rings. The van der Waals surface area contributed by atoms with E-state index in [9.17, 15) is 8.42 Å². The molecule has 3 aromatic rings. The van der Waals surface area contributed by atoms with Gasteiger partial charge in [-0.15, -0.1) is 0 Å². The van der Waals surface area contributed by atoms with Crippen LogP contribution in [0, 0.1) is 20.8 Å². The zero-order chi connectivity index (χ0) is 17.3. The normalized spacial score (nSPS) is 11.5. The predicted octanol–water partition coefficient (Wildman–Crippen LogP) is 3.80. The van der Waals surface area contributed by atoms with Crippen molar-refractivity contribution >= 4 is 15.8 Å². The Morgan fingerprint density at radius 3 is 2.21 bits per heavy atom. The van der Waals surface area contributed by atoms with Gasteiger partial charge in [0, 0.05) is 6.07 Å². The van der Waals surface area contributed by atoms with Gasteiger partial charge in [0.1, 0.15) is 0 Å². The molecule has 0 aliphatic heterocycles. The number of aromatic nitrogens is 2. The molecule has 0 amide bonds. The average Bonchev–Trinajstić information content (AvgIpc) is 2.94. The maximum absolute atomic E-state index is 12.7. The summed E-state index contributed by atoms with van der Waals surface area (Å²) < 4.78 is 28.0. The largest absolute Gasteiger partial charge is 0.276 e. The zero-order valence-electron chi connectivity index (χ0n) is 13.8. The van der Waals surface area contributed by atoms with E-state index in [-0.39, 0.29) is 5.82 Å². The lowest BCUT2D eigenvalue weighted by Gasteiger charge is -2.12. The minimum atomic E-state index is -3.69. The van der Waals surface area contributed by atoms with Crippen LogP contribution in [0.4, 0.5) is 5.82 Å². The van der Waals surface area contributed by atoms with Crippen molar-refractivity contribution in [2.24, 2.45) is 0 Å². The molecule has 0 spiro atoms. The molecule has 3 rings (SSSR count). The van der Waals surface area contributed by atoms with Crippen molar-refractivity contribution in [2.75, 3.05) is 4.72 Å². The summed E-state index contributed by atoms with van der Waals surface area (Å²) in [7, 11) is -3.69. The SMILES string of the molecule is Cc1cc(C)c(S(=O)(=O)Nc2cc(-c3ccccc3)[nH]n2)c(C)c1. The van der Waals surface area contributed by atoms with Crippen molar-refractivity contribution in [3.8, 4) is 11.3 Å². The smallest absolute Gasteiger partial charge is 0.263 e. The van der Waals surface area contributed by atoms with Gasteiger partial charge in [-0.3, -0.25) is 9.82 Å². The van der Waals surface area contributed by atoms with Crippen LogP contribution in [0.1, 0.15) is 16.7 Å². The minimum absolute atomic E-state index is 0.272. The van der Waals surface area contributed by atoms with Crippen LogP contribution >= 0.6 is 0 Å². The van der Waals surface area contributed by atoms with Gasteiger partial charge in [-0.25, -0.2) is 8.42 Å². The van der Waals surface area contributed by atoms with Crippen LogP contribution < -0.4 is 4.72 Å². The van der Waals surface area contributed by atoms with Crippen LogP contribution in [0.3, 0.4) is 0 Å². The van der Waals surface area contributed by atoms with Crippen molar-refractivity contribution in [3.05, 3.63) is 65.2 Å². The van der Waals surface area contributed by atoms with Gasteiger partial charge in [-0.2, -0.15) is 5.10 Å². The van der Waals surface area contributed by atoms with Gasteiger partial charge in [0.05, 0.1) is 10.6 Å². The van der Waals surface area contributed by atoms with Crippen LogP contribution in [-0.4, -0.2) is 18.6 Å². The number of anilines is 1. The Morgan fingerprint density at radius 1 is 0.958 bits per heavy atom. The number of sulfonamides is 1. The van der Waals surface area contributed by atoms with Crippen molar-refractivity contribution in [1.82, 2.24) is 10.2 Å². The third kappa shape index (κ3) is 3.19. The third-order valence-electron chi connectivity index (χ3n) is 3.77. The van der Waals surface area contributed by atoms with Gasteiger partial charge >= 0.3 is 0 Å². The second-order valence-corrected chi connectivity index (χ2v) is 7.49. The number of hydrogen-bond donors (Lipinski definition) is 2. The first-order chi connectivity index (χ1) is 11.4. The van der Waals surface area contributed by atoms with E-state index in [1.807, 2.05) is 49.4 Å². The van der Waals surface area contributed by atoms with Crippen molar-refractivity contribution in [2.45, 2.75) is 25.7 Å². The van der Waals surface area contributed by atoms with Gasteiger partial charge in [0.2, 0.25) is 0 Å². The summed E-state index contributed by atoms with van der Waals surface area (Å²) >= 11 is 0. The van der Waals surface area contributed by atoms with Crippen molar-refractivity contribution < 1.29 is 8.42 Å². The number of rotatable bonds is 4. The number of H-pyrrole nitrogens is 1. The average molecular weight is 341 g/mol. The highest BCUT2D eigenvalue weighted by Crippen LogP contribution is 2.25. The molecule has 0 saturated carbocycles. The minimum Gasteiger partial charge on any atom is -0.276 e. The molecule has 5 nitrogen and oxygen atoms in total. The molecule has 6 heteroatoms. The topological polar surface area (TPSA) is 74.8 Å². The van der Waals surface area contributed by atoms with E-state index in [0.717, 1.165) is 27.9 Å². The predicted molar refractivity (Wildman–Crippen MR) is 95.5 cm³/mol. The Kier molecular flexibility index (Phi) is 4.15. The summed E-state index contributed by atoms with van der Waals surface area (Å²) in [5, 5.41) is 6.92. The molecular formula is C18H19N3O2S. The number of aryl methyl sites for hydroxylation is 3. The molecule has 0 aliphatic carbocycles. The Hall–Kier alpha value is -2.60. The van der Waals surface area contributed by atoms with Gasteiger partial charge in [-0.1, -0.05) is 48.0 Å². The first-order valence-electron chi connectivity index (χ1n) is 7.58. The molecule has 0 saturated heterocycles. The fourth-order valence-electron chi connectivity index (χ4n) is 2.92. The van der Waals surface area contributed by atoms with Crippen LogP contribution in [0.25, 0.3) is 11.3 Å². The molecule has 1 aromatic heterocycles. The lowest BCUT2D eigenvalue weighted by molar-refractivity contribution is 0.599. The van der Waals surface area contributed by atoms with Crippen LogP contribution in [0.15, 0.2) is 53.4 Å². The Bertz CT molecular complexity index is 954. The van der Waals surface area contributed by atoms with Gasteiger partial charge in [0.25, 0.3) is 10.0 Å². The fraction of sp³-hybridized carbons (Fsp3) is 0.167. The molecule has 124 valence electrons. The fourth-order valence-corrected chi connectivity index (χ4v) is 4.37.